The molecule has 2 nitrogen and oxygen atoms in total. The van der Waals surface area contributed by atoms with Gasteiger partial charge in [-0.2, -0.15) is 0 Å². The van der Waals surface area contributed by atoms with E-state index in [-0.39, 0.29) is 0 Å². The van der Waals surface area contributed by atoms with Gasteiger partial charge in [-0.15, -0.1) is 0 Å². The zero-order valence-electron chi connectivity index (χ0n) is 14.9. The number of hydrogen-bond acceptors (Lipinski definition) is 2. The van der Waals surface area contributed by atoms with Crippen molar-refractivity contribution in [3.63, 3.8) is 0 Å². The molecule has 3 aromatic carbocycles. The van der Waals surface area contributed by atoms with Crippen LogP contribution in [-0.2, 0) is 4.74 Å². The Labute approximate surface area is 160 Å². The fraction of sp³-hybridized carbons (Fsp3) is 0.0870. The third kappa shape index (κ3) is 3.84. The Kier molecular flexibility index (Phi) is 5.82. The number of thiocarbonyl (C=S) groups is 1. The molecule has 0 heterocycles. The monoisotopic (exact) mass is 359 g/mol. The molecule has 3 aromatic rings. The Hall–Kier alpha value is -2.91. The average Bonchev–Trinajstić information content (AvgIpc) is 2.73. The summed E-state index contributed by atoms with van der Waals surface area (Å²) in [5, 5.41) is 0. The first-order chi connectivity index (χ1) is 12.7. The van der Waals surface area contributed by atoms with Crippen molar-refractivity contribution in [3.05, 3.63) is 108 Å². The van der Waals surface area contributed by atoms with Gasteiger partial charge in [0.2, 0.25) is 0 Å². The summed E-state index contributed by atoms with van der Waals surface area (Å²) in [5.74, 6) is 0.789. The van der Waals surface area contributed by atoms with Gasteiger partial charge < -0.3 is 9.64 Å². The second-order valence-electron chi connectivity index (χ2n) is 5.84. The normalized spacial score (nSPS) is 11.5. The molecule has 0 aliphatic heterocycles. The standard InChI is InChI=1S/C23H21NOS/c1-24(23(26)20-16-10-5-11-17-20)21(18-12-6-3-7-13-18)22(25-2)19-14-8-4-9-15-19/h3-17H,1-2H3. The zero-order valence-corrected chi connectivity index (χ0v) is 15.7. The predicted molar refractivity (Wildman–Crippen MR) is 113 cm³/mol. The van der Waals surface area contributed by atoms with Crippen molar-refractivity contribution >= 4 is 28.7 Å². The minimum atomic E-state index is 0.745. The van der Waals surface area contributed by atoms with Crippen molar-refractivity contribution < 1.29 is 4.74 Å². The van der Waals surface area contributed by atoms with Crippen molar-refractivity contribution in [1.82, 2.24) is 4.90 Å². The van der Waals surface area contributed by atoms with Gasteiger partial charge in [-0.3, -0.25) is 0 Å². The predicted octanol–water partition coefficient (Wildman–Crippen LogP) is 5.47. The van der Waals surface area contributed by atoms with E-state index in [4.69, 9.17) is 17.0 Å². The average molecular weight is 359 g/mol. The highest BCUT2D eigenvalue weighted by Crippen LogP contribution is 2.30. The number of rotatable bonds is 5. The summed E-state index contributed by atoms with van der Waals surface area (Å²) < 4.78 is 5.84. The van der Waals surface area contributed by atoms with E-state index in [1.807, 2.05) is 90.8 Å². The van der Waals surface area contributed by atoms with Crippen LogP contribution < -0.4 is 0 Å². The summed E-state index contributed by atoms with van der Waals surface area (Å²) >= 11 is 5.77. The molecule has 0 saturated carbocycles. The molecule has 0 aromatic heterocycles. The van der Waals surface area contributed by atoms with Gasteiger partial charge in [-0.05, 0) is 0 Å². The molecule has 0 radical (unpaired) electrons. The van der Waals surface area contributed by atoms with E-state index >= 15 is 0 Å². The minimum absolute atomic E-state index is 0.745. The molecular formula is C23H21NOS. The Bertz CT molecular complexity index is 889. The molecular weight excluding hydrogens is 338 g/mol. The number of benzene rings is 3. The summed E-state index contributed by atoms with van der Waals surface area (Å²) in [6.07, 6.45) is 0. The highest BCUT2D eigenvalue weighted by Gasteiger charge is 2.20. The summed E-state index contributed by atoms with van der Waals surface area (Å²) in [6.45, 7) is 0. The lowest BCUT2D eigenvalue weighted by molar-refractivity contribution is 0.367. The van der Waals surface area contributed by atoms with Crippen LogP contribution in [0.25, 0.3) is 11.5 Å². The SMILES string of the molecule is COC(=C(c1ccccc1)N(C)C(=S)c1ccccc1)c1ccccc1. The van der Waals surface area contributed by atoms with Crippen LogP contribution in [0.2, 0.25) is 0 Å². The first-order valence-corrected chi connectivity index (χ1v) is 8.85. The molecule has 0 bridgehead atoms. The van der Waals surface area contributed by atoms with Gasteiger partial charge in [0.1, 0.15) is 10.7 Å². The lowest BCUT2D eigenvalue weighted by Gasteiger charge is -2.26. The first-order valence-electron chi connectivity index (χ1n) is 8.44. The van der Waals surface area contributed by atoms with Crippen LogP contribution in [0.5, 0.6) is 0 Å². The molecule has 0 amide bonds. The van der Waals surface area contributed by atoms with E-state index in [0.29, 0.717) is 0 Å². The summed E-state index contributed by atoms with van der Waals surface area (Å²) in [7, 11) is 3.68. The van der Waals surface area contributed by atoms with E-state index in [0.717, 1.165) is 33.1 Å². The largest absolute Gasteiger partial charge is 0.494 e. The summed E-state index contributed by atoms with van der Waals surface area (Å²) in [6, 6.07) is 30.3. The topological polar surface area (TPSA) is 12.5 Å². The maximum atomic E-state index is 5.84. The molecule has 0 spiro atoms. The van der Waals surface area contributed by atoms with Crippen molar-refractivity contribution in [3.8, 4) is 0 Å². The summed E-state index contributed by atoms with van der Waals surface area (Å²) in [5.41, 5.74) is 4.00. The molecule has 0 fully saturated rings. The molecule has 0 unspecified atom stereocenters. The molecule has 0 aliphatic carbocycles. The minimum Gasteiger partial charge on any atom is -0.494 e. The van der Waals surface area contributed by atoms with Crippen LogP contribution in [0.1, 0.15) is 16.7 Å². The van der Waals surface area contributed by atoms with E-state index in [1.54, 1.807) is 7.11 Å². The lowest BCUT2D eigenvalue weighted by atomic mass is 10.0. The molecule has 0 atom stereocenters. The van der Waals surface area contributed by atoms with Crippen molar-refractivity contribution in [2.75, 3.05) is 14.2 Å². The van der Waals surface area contributed by atoms with Crippen molar-refractivity contribution in [1.29, 1.82) is 0 Å². The third-order valence-electron chi connectivity index (χ3n) is 4.16. The second-order valence-corrected chi connectivity index (χ2v) is 6.23. The molecule has 0 saturated heterocycles. The molecule has 26 heavy (non-hydrogen) atoms. The van der Waals surface area contributed by atoms with Crippen LogP contribution in [-0.4, -0.2) is 24.0 Å². The van der Waals surface area contributed by atoms with Crippen LogP contribution in [0.15, 0.2) is 91.0 Å². The maximum absolute atomic E-state index is 5.84. The maximum Gasteiger partial charge on any atom is 0.150 e. The van der Waals surface area contributed by atoms with Gasteiger partial charge in [0.15, 0.2) is 0 Å². The van der Waals surface area contributed by atoms with Crippen molar-refractivity contribution in [2.45, 2.75) is 0 Å². The highest BCUT2D eigenvalue weighted by molar-refractivity contribution is 7.80. The van der Waals surface area contributed by atoms with Crippen LogP contribution in [0.4, 0.5) is 0 Å². The second kappa shape index (κ2) is 8.45. The third-order valence-corrected chi connectivity index (χ3v) is 4.67. The van der Waals surface area contributed by atoms with E-state index < -0.39 is 0 Å². The molecule has 130 valence electrons. The van der Waals surface area contributed by atoms with E-state index in [9.17, 15) is 0 Å². The lowest BCUT2D eigenvalue weighted by Crippen LogP contribution is -2.25. The molecule has 3 rings (SSSR count). The summed E-state index contributed by atoms with van der Waals surface area (Å²) in [4.78, 5) is 2.76. The molecule has 0 N–H and O–H groups in total. The number of methoxy groups -OCH3 is 1. The van der Waals surface area contributed by atoms with Crippen LogP contribution in [0.3, 0.4) is 0 Å². The fourth-order valence-electron chi connectivity index (χ4n) is 2.89. The zero-order chi connectivity index (χ0) is 18.4. The van der Waals surface area contributed by atoms with Gasteiger partial charge >= 0.3 is 0 Å². The number of hydrogen-bond donors (Lipinski definition) is 0. The van der Waals surface area contributed by atoms with E-state index in [1.165, 1.54) is 0 Å². The van der Waals surface area contributed by atoms with Crippen LogP contribution >= 0.6 is 12.2 Å². The first kappa shape index (κ1) is 17.9. The van der Waals surface area contributed by atoms with Gasteiger partial charge in [-0.1, -0.05) is 103 Å². The van der Waals surface area contributed by atoms with Gasteiger partial charge in [0.05, 0.1) is 12.8 Å². The van der Waals surface area contributed by atoms with Crippen LogP contribution in [0, 0.1) is 0 Å². The van der Waals surface area contributed by atoms with Gasteiger partial charge in [-0.25, -0.2) is 0 Å². The Morgan fingerprint density at radius 3 is 1.58 bits per heavy atom. The fourth-order valence-corrected chi connectivity index (χ4v) is 3.12. The quantitative estimate of drug-likeness (QED) is 0.341. The molecule has 0 aliphatic rings. The Balaban J connectivity index is 2.15. The molecule has 3 heteroatoms. The highest BCUT2D eigenvalue weighted by atomic mass is 32.1. The van der Waals surface area contributed by atoms with Gasteiger partial charge in [0, 0.05) is 23.7 Å². The number of nitrogens with zero attached hydrogens (tertiary/aromatic N) is 1. The van der Waals surface area contributed by atoms with Gasteiger partial charge in [0.25, 0.3) is 0 Å². The Morgan fingerprint density at radius 1 is 0.692 bits per heavy atom. The number of ether oxygens (including phenoxy) is 1. The van der Waals surface area contributed by atoms with Crippen molar-refractivity contribution in [2.24, 2.45) is 0 Å². The Morgan fingerprint density at radius 2 is 1.12 bits per heavy atom. The smallest absolute Gasteiger partial charge is 0.150 e. The van der Waals surface area contributed by atoms with E-state index in [2.05, 4.69) is 12.1 Å².